The van der Waals surface area contributed by atoms with E-state index in [4.69, 9.17) is 11.6 Å². The maximum absolute atomic E-state index is 11.5. The van der Waals surface area contributed by atoms with Crippen LogP contribution in [0.4, 0.5) is 0 Å². The second kappa shape index (κ2) is 6.05. The lowest BCUT2D eigenvalue weighted by Crippen LogP contribution is -2.24. The van der Waals surface area contributed by atoms with E-state index in [1.807, 2.05) is 0 Å². The summed E-state index contributed by atoms with van der Waals surface area (Å²) in [6.45, 7) is 2.28. The molecule has 0 spiro atoms. The van der Waals surface area contributed by atoms with Crippen LogP contribution in [0.2, 0.25) is 5.15 Å². The lowest BCUT2D eigenvalue weighted by atomic mass is 10.2. The van der Waals surface area contributed by atoms with E-state index in [9.17, 15) is 4.79 Å². The zero-order chi connectivity index (χ0) is 11.1. The van der Waals surface area contributed by atoms with Gasteiger partial charge in [-0.2, -0.15) is 0 Å². The van der Waals surface area contributed by atoms with E-state index in [2.05, 4.69) is 22.1 Å². The zero-order valence-corrected chi connectivity index (χ0v) is 9.14. The highest BCUT2D eigenvalue weighted by molar-refractivity contribution is 6.32. The Hall–Kier alpha value is -1.53. The Bertz CT molecular complexity index is 407. The molecule has 1 heterocycles. The number of nitrogens with zero attached hydrogens (tertiary/aromatic N) is 1. The number of halogens is 1. The highest BCUT2D eigenvalue weighted by atomic mass is 35.5. The molecule has 0 aromatic carbocycles. The van der Waals surface area contributed by atoms with E-state index in [0.29, 0.717) is 18.5 Å². The first-order chi connectivity index (χ1) is 7.25. The summed E-state index contributed by atoms with van der Waals surface area (Å²) in [5.41, 5.74) is 0.392. The fourth-order valence-electron chi connectivity index (χ4n) is 1.01. The number of carbonyl (C=O) groups is 1. The molecule has 0 saturated carbocycles. The summed E-state index contributed by atoms with van der Waals surface area (Å²) in [7, 11) is 0. The summed E-state index contributed by atoms with van der Waals surface area (Å²) in [6, 6.07) is 3.31. The molecule has 0 unspecified atom stereocenters. The van der Waals surface area contributed by atoms with Gasteiger partial charge in [-0.25, -0.2) is 4.98 Å². The monoisotopic (exact) mass is 222 g/mol. The van der Waals surface area contributed by atoms with Crippen molar-refractivity contribution in [2.24, 2.45) is 0 Å². The molecule has 0 fully saturated rings. The summed E-state index contributed by atoms with van der Waals surface area (Å²) in [5.74, 6) is 5.39. The van der Waals surface area contributed by atoms with Crippen molar-refractivity contribution in [1.29, 1.82) is 0 Å². The van der Waals surface area contributed by atoms with Gasteiger partial charge < -0.3 is 5.32 Å². The molecule has 1 aromatic heterocycles. The van der Waals surface area contributed by atoms with Crippen molar-refractivity contribution < 1.29 is 4.79 Å². The Labute approximate surface area is 93.9 Å². The fraction of sp³-hybridized carbons (Fsp3) is 0.273. The summed E-state index contributed by atoms with van der Waals surface area (Å²) in [5, 5.41) is 2.93. The minimum atomic E-state index is -0.217. The quantitative estimate of drug-likeness (QED) is 0.482. The largest absolute Gasteiger partial charge is 0.351 e. The van der Waals surface area contributed by atoms with Crippen molar-refractivity contribution in [3.05, 3.63) is 29.0 Å². The predicted molar refractivity (Wildman–Crippen MR) is 59.6 cm³/mol. The molecule has 1 rings (SSSR count). The first kappa shape index (κ1) is 11.5. The van der Waals surface area contributed by atoms with Gasteiger partial charge in [0.15, 0.2) is 0 Å². The summed E-state index contributed by atoms with van der Waals surface area (Å²) >= 11 is 5.76. The van der Waals surface area contributed by atoms with Crippen LogP contribution < -0.4 is 5.32 Å². The Morgan fingerprint density at radius 1 is 1.67 bits per heavy atom. The van der Waals surface area contributed by atoms with Crippen LogP contribution in [0.25, 0.3) is 0 Å². The Kier molecular flexibility index (Phi) is 4.65. The second-order valence-electron chi connectivity index (χ2n) is 2.77. The van der Waals surface area contributed by atoms with Gasteiger partial charge in [-0.3, -0.25) is 4.79 Å². The van der Waals surface area contributed by atoms with Crippen LogP contribution in [0.1, 0.15) is 23.7 Å². The van der Waals surface area contributed by atoms with Gasteiger partial charge in [-0.05, 0) is 19.1 Å². The molecule has 0 bridgehead atoms. The minimum absolute atomic E-state index is 0.217. The van der Waals surface area contributed by atoms with Crippen LogP contribution in [0.15, 0.2) is 18.3 Å². The highest BCUT2D eigenvalue weighted by Crippen LogP contribution is 2.10. The van der Waals surface area contributed by atoms with E-state index in [-0.39, 0.29) is 11.1 Å². The van der Waals surface area contributed by atoms with Gasteiger partial charge in [-0.1, -0.05) is 11.6 Å². The number of nitrogens with one attached hydrogen (secondary N) is 1. The van der Waals surface area contributed by atoms with Crippen LogP contribution >= 0.6 is 11.6 Å². The van der Waals surface area contributed by atoms with Crippen molar-refractivity contribution in [3.8, 4) is 11.8 Å². The van der Waals surface area contributed by atoms with Gasteiger partial charge in [0.1, 0.15) is 5.15 Å². The number of amides is 1. The van der Waals surface area contributed by atoms with Gasteiger partial charge in [-0.15, -0.1) is 11.8 Å². The third kappa shape index (κ3) is 3.61. The Morgan fingerprint density at radius 2 is 2.47 bits per heavy atom. The normalized spacial score (nSPS) is 8.93. The Morgan fingerprint density at radius 3 is 3.13 bits per heavy atom. The average molecular weight is 223 g/mol. The van der Waals surface area contributed by atoms with Gasteiger partial charge in [0.25, 0.3) is 5.91 Å². The van der Waals surface area contributed by atoms with Crippen molar-refractivity contribution in [2.45, 2.75) is 13.3 Å². The lowest BCUT2D eigenvalue weighted by Gasteiger charge is -2.03. The smallest absolute Gasteiger partial charge is 0.254 e. The molecule has 0 radical (unpaired) electrons. The standard InChI is InChI=1S/C11H11ClN2O/c1-2-3-4-7-14-11(15)9-6-5-8-13-10(9)12/h5-6,8H,4,7H2,1H3,(H,14,15). The molecule has 0 aliphatic rings. The number of hydrogen-bond acceptors (Lipinski definition) is 2. The zero-order valence-electron chi connectivity index (χ0n) is 8.38. The van der Waals surface area contributed by atoms with E-state index in [0.717, 1.165) is 0 Å². The van der Waals surface area contributed by atoms with Crippen molar-refractivity contribution in [3.63, 3.8) is 0 Å². The molecule has 78 valence electrons. The van der Waals surface area contributed by atoms with E-state index < -0.39 is 0 Å². The molecule has 3 nitrogen and oxygen atoms in total. The SMILES string of the molecule is CC#CCCNC(=O)c1cccnc1Cl. The minimum Gasteiger partial charge on any atom is -0.351 e. The van der Waals surface area contributed by atoms with Crippen LogP contribution in [0.3, 0.4) is 0 Å². The third-order valence-electron chi connectivity index (χ3n) is 1.72. The molecule has 0 atom stereocenters. The molecule has 4 heteroatoms. The van der Waals surface area contributed by atoms with Gasteiger partial charge in [0.2, 0.25) is 0 Å². The van der Waals surface area contributed by atoms with Crippen LogP contribution in [-0.2, 0) is 0 Å². The molecular weight excluding hydrogens is 212 g/mol. The summed E-state index contributed by atoms with van der Waals surface area (Å²) < 4.78 is 0. The van der Waals surface area contributed by atoms with E-state index >= 15 is 0 Å². The molecule has 15 heavy (non-hydrogen) atoms. The highest BCUT2D eigenvalue weighted by Gasteiger charge is 2.08. The van der Waals surface area contributed by atoms with Crippen molar-refractivity contribution >= 4 is 17.5 Å². The first-order valence-electron chi connectivity index (χ1n) is 4.54. The lowest BCUT2D eigenvalue weighted by molar-refractivity contribution is 0.0954. The number of hydrogen-bond donors (Lipinski definition) is 1. The number of carbonyl (C=O) groups excluding carboxylic acids is 1. The maximum Gasteiger partial charge on any atom is 0.254 e. The average Bonchev–Trinajstić information content (AvgIpc) is 2.25. The summed E-state index contributed by atoms with van der Waals surface area (Å²) in [6.07, 6.45) is 2.18. The van der Waals surface area contributed by atoms with E-state index in [1.54, 1.807) is 25.3 Å². The van der Waals surface area contributed by atoms with E-state index in [1.165, 1.54) is 0 Å². The van der Waals surface area contributed by atoms with Gasteiger partial charge >= 0.3 is 0 Å². The first-order valence-corrected chi connectivity index (χ1v) is 4.92. The van der Waals surface area contributed by atoms with Gasteiger partial charge in [0.05, 0.1) is 5.56 Å². The number of rotatable bonds is 3. The molecule has 0 aliphatic heterocycles. The molecular formula is C11H11ClN2O. The predicted octanol–water partition coefficient (Wildman–Crippen LogP) is 1.88. The van der Waals surface area contributed by atoms with Crippen LogP contribution in [0.5, 0.6) is 0 Å². The molecule has 1 N–H and O–H groups in total. The number of aromatic nitrogens is 1. The van der Waals surface area contributed by atoms with Gasteiger partial charge in [0, 0.05) is 19.2 Å². The molecule has 1 aromatic rings. The molecule has 0 saturated heterocycles. The second-order valence-corrected chi connectivity index (χ2v) is 3.13. The fourth-order valence-corrected chi connectivity index (χ4v) is 1.22. The van der Waals surface area contributed by atoms with Crippen molar-refractivity contribution in [2.75, 3.05) is 6.54 Å². The van der Waals surface area contributed by atoms with Crippen LogP contribution in [-0.4, -0.2) is 17.4 Å². The molecule has 1 amide bonds. The summed E-state index contributed by atoms with van der Waals surface area (Å²) in [4.78, 5) is 15.4. The molecule has 0 aliphatic carbocycles. The third-order valence-corrected chi connectivity index (χ3v) is 2.02. The number of pyridine rings is 1. The Balaban J connectivity index is 2.53. The topological polar surface area (TPSA) is 42.0 Å². The van der Waals surface area contributed by atoms with Crippen molar-refractivity contribution in [1.82, 2.24) is 10.3 Å². The van der Waals surface area contributed by atoms with Crippen LogP contribution in [0, 0.1) is 11.8 Å². The maximum atomic E-state index is 11.5.